The summed E-state index contributed by atoms with van der Waals surface area (Å²) in [5.41, 5.74) is 3.98. The molecule has 0 saturated carbocycles. The molecule has 1 aromatic carbocycles. The van der Waals surface area contributed by atoms with Crippen LogP contribution in [0.3, 0.4) is 0 Å². The van der Waals surface area contributed by atoms with Crippen LogP contribution in [0, 0.1) is 12.8 Å². The molecule has 1 aliphatic rings. The Morgan fingerprint density at radius 3 is 2.96 bits per heavy atom. The van der Waals surface area contributed by atoms with E-state index in [4.69, 9.17) is 0 Å². The number of pyridine rings is 2. The molecule has 4 rings (SSSR count). The van der Waals surface area contributed by atoms with Crippen molar-refractivity contribution in [2.75, 3.05) is 13.1 Å². The van der Waals surface area contributed by atoms with Gasteiger partial charge in [-0.25, -0.2) is 0 Å². The van der Waals surface area contributed by atoms with Crippen molar-refractivity contribution in [3.05, 3.63) is 71.7 Å². The Balaban J connectivity index is 1.44. The SMILES string of the molecule is Cc1cncc(C(=O)N2CC[C@@H](Cc3cnc4ccccc4c3)C2)c1. The second kappa shape index (κ2) is 6.63. The molecule has 0 unspecified atom stereocenters. The molecule has 3 aromatic rings. The number of para-hydroxylation sites is 1. The number of hydrogen-bond donors (Lipinski definition) is 0. The van der Waals surface area contributed by atoms with Crippen LogP contribution in [0.4, 0.5) is 0 Å². The quantitative estimate of drug-likeness (QED) is 0.736. The lowest BCUT2D eigenvalue weighted by Crippen LogP contribution is -2.29. The standard InChI is InChI=1S/C21H21N3O/c1-15-8-19(13-22-11-15)21(25)24-7-6-16(14-24)9-17-10-18-4-2-3-5-20(18)23-12-17/h2-5,8,10-13,16H,6-7,9,14H2,1H3/t16-/m0/s1. The van der Waals surface area contributed by atoms with Gasteiger partial charge in [0.15, 0.2) is 0 Å². The molecule has 2 aromatic heterocycles. The Kier molecular flexibility index (Phi) is 4.18. The molecule has 126 valence electrons. The van der Waals surface area contributed by atoms with Gasteiger partial charge in [0, 0.05) is 37.1 Å². The zero-order valence-corrected chi connectivity index (χ0v) is 14.4. The minimum Gasteiger partial charge on any atom is -0.338 e. The van der Waals surface area contributed by atoms with E-state index in [-0.39, 0.29) is 5.91 Å². The summed E-state index contributed by atoms with van der Waals surface area (Å²) in [6.07, 6.45) is 7.41. The number of hydrogen-bond acceptors (Lipinski definition) is 3. The van der Waals surface area contributed by atoms with Gasteiger partial charge in [0.25, 0.3) is 5.91 Å². The van der Waals surface area contributed by atoms with E-state index in [1.165, 1.54) is 10.9 Å². The Labute approximate surface area is 147 Å². The molecular formula is C21H21N3O. The summed E-state index contributed by atoms with van der Waals surface area (Å²) < 4.78 is 0. The van der Waals surface area contributed by atoms with Crippen LogP contribution < -0.4 is 0 Å². The van der Waals surface area contributed by atoms with E-state index in [9.17, 15) is 4.79 Å². The van der Waals surface area contributed by atoms with Gasteiger partial charge in [-0.1, -0.05) is 18.2 Å². The lowest BCUT2D eigenvalue weighted by atomic mass is 9.99. The highest BCUT2D eigenvalue weighted by atomic mass is 16.2. The molecule has 0 spiro atoms. The highest BCUT2D eigenvalue weighted by molar-refractivity contribution is 5.94. The molecule has 0 aliphatic carbocycles. The highest BCUT2D eigenvalue weighted by Gasteiger charge is 2.27. The summed E-state index contributed by atoms with van der Waals surface area (Å²) in [6, 6.07) is 12.3. The summed E-state index contributed by atoms with van der Waals surface area (Å²) in [6.45, 7) is 3.58. The first-order valence-electron chi connectivity index (χ1n) is 8.73. The molecule has 1 fully saturated rings. The lowest BCUT2D eigenvalue weighted by Gasteiger charge is -2.17. The maximum atomic E-state index is 12.6. The van der Waals surface area contributed by atoms with Gasteiger partial charge < -0.3 is 4.90 Å². The summed E-state index contributed by atoms with van der Waals surface area (Å²) in [5.74, 6) is 0.583. The number of amides is 1. The van der Waals surface area contributed by atoms with Crippen LogP contribution in [0.1, 0.15) is 27.9 Å². The predicted octanol–water partition coefficient (Wildman–Crippen LogP) is 3.64. The molecule has 3 heterocycles. The van der Waals surface area contributed by atoms with Crippen molar-refractivity contribution in [2.45, 2.75) is 19.8 Å². The topological polar surface area (TPSA) is 46.1 Å². The van der Waals surface area contributed by atoms with Gasteiger partial charge in [0.2, 0.25) is 0 Å². The van der Waals surface area contributed by atoms with Gasteiger partial charge in [0.1, 0.15) is 0 Å². The van der Waals surface area contributed by atoms with Crippen LogP contribution in [0.2, 0.25) is 0 Å². The number of aromatic nitrogens is 2. The van der Waals surface area contributed by atoms with E-state index < -0.39 is 0 Å². The average molecular weight is 331 g/mol. The van der Waals surface area contributed by atoms with Crippen LogP contribution in [0.5, 0.6) is 0 Å². The van der Waals surface area contributed by atoms with Crippen LogP contribution in [0.25, 0.3) is 10.9 Å². The fourth-order valence-electron chi connectivity index (χ4n) is 3.60. The first kappa shape index (κ1) is 15.8. The number of likely N-dealkylation sites (tertiary alicyclic amines) is 1. The third-order valence-corrected chi connectivity index (χ3v) is 4.87. The van der Waals surface area contributed by atoms with Crippen molar-refractivity contribution >= 4 is 16.8 Å². The maximum absolute atomic E-state index is 12.6. The van der Waals surface area contributed by atoms with E-state index in [0.29, 0.717) is 11.5 Å². The summed E-state index contributed by atoms with van der Waals surface area (Å²) in [4.78, 5) is 23.3. The molecule has 0 bridgehead atoms. The van der Waals surface area contributed by atoms with E-state index in [2.05, 4.69) is 22.1 Å². The highest BCUT2D eigenvalue weighted by Crippen LogP contribution is 2.23. The molecule has 1 saturated heterocycles. The van der Waals surface area contributed by atoms with Gasteiger partial charge in [-0.3, -0.25) is 14.8 Å². The molecule has 25 heavy (non-hydrogen) atoms. The van der Waals surface area contributed by atoms with Gasteiger partial charge in [-0.05, 0) is 55.0 Å². The maximum Gasteiger partial charge on any atom is 0.255 e. The number of fused-ring (bicyclic) bond motifs is 1. The second-order valence-electron chi connectivity index (χ2n) is 6.90. The van der Waals surface area contributed by atoms with Gasteiger partial charge in [-0.15, -0.1) is 0 Å². The van der Waals surface area contributed by atoms with Crippen molar-refractivity contribution in [3.8, 4) is 0 Å². The number of carbonyl (C=O) groups excluding carboxylic acids is 1. The average Bonchev–Trinajstić information content (AvgIpc) is 3.09. The van der Waals surface area contributed by atoms with Crippen molar-refractivity contribution < 1.29 is 4.79 Å². The van der Waals surface area contributed by atoms with E-state index in [0.717, 1.165) is 37.0 Å². The second-order valence-corrected chi connectivity index (χ2v) is 6.90. The first-order chi connectivity index (χ1) is 12.2. The number of carbonyl (C=O) groups is 1. The van der Waals surface area contributed by atoms with Crippen molar-refractivity contribution in [3.63, 3.8) is 0 Å². The Morgan fingerprint density at radius 1 is 1.20 bits per heavy atom. The number of aryl methyl sites for hydroxylation is 1. The van der Waals surface area contributed by atoms with Crippen LogP contribution in [-0.2, 0) is 6.42 Å². The number of nitrogens with zero attached hydrogens (tertiary/aromatic N) is 3. The van der Waals surface area contributed by atoms with E-state index in [1.54, 1.807) is 12.4 Å². The van der Waals surface area contributed by atoms with Crippen molar-refractivity contribution in [1.82, 2.24) is 14.9 Å². The Morgan fingerprint density at radius 2 is 2.08 bits per heavy atom. The first-order valence-corrected chi connectivity index (χ1v) is 8.73. The molecule has 1 aliphatic heterocycles. The van der Waals surface area contributed by atoms with Crippen molar-refractivity contribution in [1.29, 1.82) is 0 Å². The summed E-state index contributed by atoms with van der Waals surface area (Å²) >= 11 is 0. The number of rotatable bonds is 3. The van der Waals surface area contributed by atoms with Gasteiger partial charge >= 0.3 is 0 Å². The largest absolute Gasteiger partial charge is 0.338 e. The summed E-state index contributed by atoms with van der Waals surface area (Å²) in [7, 11) is 0. The predicted molar refractivity (Wildman–Crippen MR) is 98.4 cm³/mol. The van der Waals surface area contributed by atoms with E-state index >= 15 is 0 Å². The van der Waals surface area contributed by atoms with Crippen LogP contribution >= 0.6 is 0 Å². The fraction of sp³-hybridized carbons (Fsp3) is 0.286. The smallest absolute Gasteiger partial charge is 0.255 e. The molecule has 1 atom stereocenters. The third kappa shape index (κ3) is 3.38. The zero-order chi connectivity index (χ0) is 17.2. The van der Waals surface area contributed by atoms with Gasteiger partial charge in [0.05, 0.1) is 11.1 Å². The third-order valence-electron chi connectivity index (χ3n) is 4.87. The molecule has 1 amide bonds. The Hall–Kier alpha value is -2.75. The number of benzene rings is 1. The van der Waals surface area contributed by atoms with E-state index in [1.807, 2.05) is 42.3 Å². The normalized spacial score (nSPS) is 17.2. The molecule has 0 N–H and O–H groups in total. The lowest BCUT2D eigenvalue weighted by molar-refractivity contribution is 0.0786. The van der Waals surface area contributed by atoms with Crippen molar-refractivity contribution in [2.24, 2.45) is 5.92 Å². The monoisotopic (exact) mass is 331 g/mol. The minimum absolute atomic E-state index is 0.0929. The molecule has 4 nitrogen and oxygen atoms in total. The van der Waals surface area contributed by atoms with Crippen LogP contribution in [-0.4, -0.2) is 33.9 Å². The molecule has 0 radical (unpaired) electrons. The van der Waals surface area contributed by atoms with Gasteiger partial charge in [-0.2, -0.15) is 0 Å². The zero-order valence-electron chi connectivity index (χ0n) is 14.4. The minimum atomic E-state index is 0.0929. The fourth-order valence-corrected chi connectivity index (χ4v) is 3.60. The molecular weight excluding hydrogens is 310 g/mol. The molecule has 4 heteroatoms. The van der Waals surface area contributed by atoms with Crippen LogP contribution in [0.15, 0.2) is 55.0 Å². The Bertz CT molecular complexity index is 922. The summed E-state index contributed by atoms with van der Waals surface area (Å²) in [5, 5.41) is 1.18.